The number of hydrogen-bond donors (Lipinski definition) is 2. The number of carbonyl (C=O) groups is 1. The minimum absolute atomic E-state index is 0.128. The van der Waals surface area contributed by atoms with Crippen molar-refractivity contribution in [3.63, 3.8) is 0 Å². The molecule has 0 saturated heterocycles. The summed E-state index contributed by atoms with van der Waals surface area (Å²) in [7, 11) is 0. The maximum absolute atomic E-state index is 12.6. The molecule has 0 fully saturated rings. The number of ether oxygens (including phenoxy) is 2. The third-order valence-electron chi connectivity index (χ3n) is 3.94. The van der Waals surface area contributed by atoms with Crippen molar-refractivity contribution in [2.45, 2.75) is 26.9 Å². The Hall–Kier alpha value is -3.54. The van der Waals surface area contributed by atoms with Crippen LogP contribution in [0, 0.1) is 0 Å². The summed E-state index contributed by atoms with van der Waals surface area (Å²) in [5.74, 6) is 1.14. The summed E-state index contributed by atoms with van der Waals surface area (Å²) in [5, 5.41) is 6.13. The second kappa shape index (κ2) is 9.59. The van der Waals surface area contributed by atoms with Gasteiger partial charge in [-0.15, -0.1) is 0 Å². The van der Waals surface area contributed by atoms with Crippen LogP contribution in [0.3, 0.4) is 0 Å². The van der Waals surface area contributed by atoms with E-state index in [9.17, 15) is 4.79 Å². The summed E-state index contributed by atoms with van der Waals surface area (Å²) in [6.07, 6.45) is 1.73. The first-order valence-corrected chi connectivity index (χ1v) is 9.58. The Morgan fingerprint density at radius 2 is 1.79 bits per heavy atom. The quantitative estimate of drug-likeness (QED) is 0.548. The predicted molar refractivity (Wildman–Crippen MR) is 115 cm³/mol. The zero-order chi connectivity index (χ0) is 20.6. The van der Waals surface area contributed by atoms with E-state index in [4.69, 9.17) is 9.47 Å². The Bertz CT molecular complexity index is 956. The maximum atomic E-state index is 12.6. The van der Waals surface area contributed by atoms with E-state index in [1.807, 2.05) is 69.3 Å². The van der Waals surface area contributed by atoms with E-state index < -0.39 is 0 Å². The first-order chi connectivity index (χ1) is 14.0. The highest BCUT2D eigenvalue weighted by Crippen LogP contribution is 2.25. The number of rotatable bonds is 8. The molecule has 0 atom stereocenters. The Kier molecular flexibility index (Phi) is 6.68. The first-order valence-electron chi connectivity index (χ1n) is 9.58. The van der Waals surface area contributed by atoms with Gasteiger partial charge in [-0.1, -0.05) is 12.1 Å². The van der Waals surface area contributed by atoms with E-state index >= 15 is 0 Å². The zero-order valence-corrected chi connectivity index (χ0v) is 16.8. The maximum Gasteiger partial charge on any atom is 0.274 e. The Balaban J connectivity index is 1.70. The van der Waals surface area contributed by atoms with Gasteiger partial charge in [0.15, 0.2) is 0 Å². The Labute approximate surface area is 170 Å². The number of pyridine rings is 1. The number of aromatic nitrogens is 1. The number of nitrogens with zero attached hydrogens (tertiary/aromatic N) is 1. The summed E-state index contributed by atoms with van der Waals surface area (Å²) >= 11 is 0. The van der Waals surface area contributed by atoms with Crippen molar-refractivity contribution >= 4 is 23.0 Å². The third kappa shape index (κ3) is 5.72. The Morgan fingerprint density at radius 3 is 2.52 bits per heavy atom. The highest BCUT2D eigenvalue weighted by atomic mass is 16.5. The van der Waals surface area contributed by atoms with Gasteiger partial charge in [0.05, 0.1) is 18.4 Å². The van der Waals surface area contributed by atoms with Crippen molar-refractivity contribution in [1.82, 2.24) is 4.98 Å². The highest BCUT2D eigenvalue weighted by Gasteiger charge is 2.11. The van der Waals surface area contributed by atoms with Gasteiger partial charge in [0.25, 0.3) is 5.91 Å². The van der Waals surface area contributed by atoms with Crippen LogP contribution in [0.5, 0.6) is 11.5 Å². The average molecular weight is 391 g/mol. The molecule has 29 heavy (non-hydrogen) atoms. The summed E-state index contributed by atoms with van der Waals surface area (Å²) in [4.78, 5) is 16.8. The number of nitrogens with one attached hydrogen (secondary N) is 2. The monoisotopic (exact) mass is 391 g/mol. The standard InChI is InChI=1S/C23H25N3O3/c1-4-28-22-8-6-5-7-20(22)26-23(27)21-15-18(13-14-24-21)25-17-9-11-19(12-10-17)29-16(2)3/h5-16H,4H2,1-3H3,(H,24,25)(H,26,27). The van der Waals surface area contributed by atoms with Crippen LogP contribution in [0.2, 0.25) is 0 Å². The van der Waals surface area contributed by atoms with Crippen LogP contribution in [-0.2, 0) is 0 Å². The van der Waals surface area contributed by atoms with Gasteiger partial charge in [-0.3, -0.25) is 9.78 Å². The van der Waals surface area contributed by atoms with Crippen LogP contribution >= 0.6 is 0 Å². The molecule has 1 amide bonds. The molecular weight excluding hydrogens is 366 g/mol. The van der Waals surface area contributed by atoms with Crippen molar-refractivity contribution in [3.8, 4) is 11.5 Å². The predicted octanol–water partition coefficient (Wildman–Crippen LogP) is 5.26. The van der Waals surface area contributed by atoms with Crippen LogP contribution in [0.4, 0.5) is 17.1 Å². The molecule has 1 heterocycles. The number of amides is 1. The lowest BCUT2D eigenvalue weighted by molar-refractivity contribution is 0.102. The molecule has 0 aliphatic heterocycles. The van der Waals surface area contributed by atoms with Crippen LogP contribution in [0.1, 0.15) is 31.3 Å². The fourth-order valence-corrected chi connectivity index (χ4v) is 2.73. The van der Waals surface area contributed by atoms with Crippen molar-refractivity contribution in [1.29, 1.82) is 0 Å². The Morgan fingerprint density at radius 1 is 1.03 bits per heavy atom. The third-order valence-corrected chi connectivity index (χ3v) is 3.94. The number of carbonyl (C=O) groups excluding carboxylic acids is 1. The lowest BCUT2D eigenvalue weighted by Crippen LogP contribution is -2.14. The normalized spacial score (nSPS) is 10.5. The largest absolute Gasteiger partial charge is 0.492 e. The van der Waals surface area contributed by atoms with Gasteiger partial charge >= 0.3 is 0 Å². The number of anilines is 3. The molecule has 0 saturated carbocycles. The molecule has 6 heteroatoms. The molecule has 0 radical (unpaired) electrons. The molecule has 6 nitrogen and oxygen atoms in total. The van der Waals surface area contributed by atoms with Crippen molar-refractivity contribution in [2.24, 2.45) is 0 Å². The second-order valence-electron chi connectivity index (χ2n) is 6.63. The molecule has 3 aromatic rings. The lowest BCUT2D eigenvalue weighted by Gasteiger charge is -2.12. The van der Waals surface area contributed by atoms with Gasteiger partial charge < -0.3 is 20.1 Å². The van der Waals surface area contributed by atoms with Gasteiger partial charge in [-0.25, -0.2) is 0 Å². The minimum atomic E-state index is -0.304. The second-order valence-corrected chi connectivity index (χ2v) is 6.63. The molecule has 150 valence electrons. The van der Waals surface area contributed by atoms with Gasteiger partial charge in [-0.2, -0.15) is 0 Å². The fourth-order valence-electron chi connectivity index (χ4n) is 2.73. The number of hydrogen-bond acceptors (Lipinski definition) is 5. The topological polar surface area (TPSA) is 72.5 Å². The summed E-state index contributed by atoms with van der Waals surface area (Å²) in [6.45, 7) is 6.40. The smallest absolute Gasteiger partial charge is 0.274 e. The van der Waals surface area contributed by atoms with Crippen LogP contribution in [0.25, 0.3) is 0 Å². The summed E-state index contributed by atoms with van der Waals surface area (Å²) < 4.78 is 11.2. The van der Waals surface area contributed by atoms with Gasteiger partial charge in [0.1, 0.15) is 17.2 Å². The molecule has 0 spiro atoms. The van der Waals surface area contributed by atoms with Gasteiger partial charge in [0.2, 0.25) is 0 Å². The van der Waals surface area contributed by atoms with E-state index in [0.29, 0.717) is 23.7 Å². The van der Waals surface area contributed by atoms with Crippen LogP contribution in [-0.4, -0.2) is 23.6 Å². The molecule has 0 unspecified atom stereocenters. The molecule has 3 rings (SSSR count). The number of para-hydroxylation sites is 2. The van der Waals surface area contributed by atoms with Crippen LogP contribution in [0.15, 0.2) is 66.9 Å². The molecule has 2 aromatic carbocycles. The molecule has 0 bridgehead atoms. The zero-order valence-electron chi connectivity index (χ0n) is 16.8. The van der Waals surface area contributed by atoms with E-state index in [1.54, 1.807) is 18.3 Å². The first kappa shape index (κ1) is 20.2. The highest BCUT2D eigenvalue weighted by molar-refractivity contribution is 6.04. The SMILES string of the molecule is CCOc1ccccc1NC(=O)c1cc(Nc2ccc(OC(C)C)cc2)ccn1. The van der Waals surface area contributed by atoms with Crippen LogP contribution < -0.4 is 20.1 Å². The van der Waals surface area contributed by atoms with E-state index in [0.717, 1.165) is 17.1 Å². The summed E-state index contributed by atoms with van der Waals surface area (Å²) in [6, 6.07) is 18.5. The molecule has 0 aliphatic rings. The molecule has 2 N–H and O–H groups in total. The van der Waals surface area contributed by atoms with Crippen molar-refractivity contribution < 1.29 is 14.3 Å². The van der Waals surface area contributed by atoms with E-state index in [-0.39, 0.29) is 12.0 Å². The molecular formula is C23H25N3O3. The van der Waals surface area contributed by atoms with E-state index in [2.05, 4.69) is 15.6 Å². The van der Waals surface area contributed by atoms with Gasteiger partial charge in [0, 0.05) is 17.6 Å². The number of benzene rings is 2. The van der Waals surface area contributed by atoms with Crippen molar-refractivity contribution in [3.05, 3.63) is 72.6 Å². The average Bonchev–Trinajstić information content (AvgIpc) is 2.71. The molecule has 0 aliphatic carbocycles. The minimum Gasteiger partial charge on any atom is -0.492 e. The fraction of sp³-hybridized carbons (Fsp3) is 0.217. The van der Waals surface area contributed by atoms with E-state index in [1.165, 1.54) is 0 Å². The van der Waals surface area contributed by atoms with Gasteiger partial charge in [-0.05, 0) is 69.3 Å². The summed E-state index contributed by atoms with van der Waals surface area (Å²) in [5.41, 5.74) is 2.57. The lowest BCUT2D eigenvalue weighted by atomic mass is 10.2. The van der Waals surface area contributed by atoms with Crippen molar-refractivity contribution in [2.75, 3.05) is 17.2 Å². The molecule has 1 aromatic heterocycles.